The summed E-state index contributed by atoms with van der Waals surface area (Å²) in [4.78, 5) is 32.3. The standard InChI is InChI=1S/C26H33N3O4/c1-32-23-21(10-7-15-27-23)24(30)29-17-13-26(14-18-29)12-6-2-3-8-20-9-4-5-11-22(20)33-19-16-28-25(26)31/h4-5,7,9-11,15H,2-3,6,8,12-14,16-19H2,1H3,(H,28,31). The van der Waals surface area contributed by atoms with Gasteiger partial charge in [-0.1, -0.05) is 31.0 Å². The van der Waals surface area contributed by atoms with Crippen LogP contribution in [0.1, 0.15) is 54.4 Å². The third-order valence-corrected chi connectivity index (χ3v) is 6.90. The molecule has 7 nitrogen and oxygen atoms in total. The van der Waals surface area contributed by atoms with Gasteiger partial charge in [-0.15, -0.1) is 0 Å². The Balaban J connectivity index is 1.41. The lowest BCUT2D eigenvalue weighted by molar-refractivity contribution is -0.134. The van der Waals surface area contributed by atoms with Crippen LogP contribution in [0.5, 0.6) is 11.6 Å². The van der Waals surface area contributed by atoms with Crippen molar-refractivity contribution in [1.29, 1.82) is 0 Å². The molecule has 1 spiro atoms. The predicted octanol–water partition coefficient (Wildman–Crippen LogP) is 3.62. The summed E-state index contributed by atoms with van der Waals surface area (Å²) < 4.78 is 11.2. The zero-order valence-electron chi connectivity index (χ0n) is 19.3. The van der Waals surface area contributed by atoms with Crippen molar-refractivity contribution in [3.8, 4) is 11.6 Å². The van der Waals surface area contributed by atoms with Gasteiger partial charge in [0.2, 0.25) is 11.8 Å². The molecule has 2 amide bonds. The number of aromatic nitrogens is 1. The first-order valence-corrected chi connectivity index (χ1v) is 11.9. The summed E-state index contributed by atoms with van der Waals surface area (Å²) in [5, 5.41) is 3.11. The lowest BCUT2D eigenvalue weighted by Crippen LogP contribution is -2.50. The van der Waals surface area contributed by atoms with Gasteiger partial charge >= 0.3 is 0 Å². The number of fused-ring (bicyclic) bond motifs is 1. The first-order chi connectivity index (χ1) is 16.1. The number of benzene rings is 1. The Morgan fingerprint density at radius 1 is 1.09 bits per heavy atom. The quantitative estimate of drug-likeness (QED) is 0.754. The smallest absolute Gasteiger partial charge is 0.259 e. The minimum absolute atomic E-state index is 0.0877. The van der Waals surface area contributed by atoms with E-state index in [0.717, 1.165) is 37.9 Å². The van der Waals surface area contributed by atoms with Crippen LogP contribution in [-0.4, -0.2) is 55.0 Å². The second-order valence-corrected chi connectivity index (χ2v) is 8.91. The number of hydrogen-bond acceptors (Lipinski definition) is 5. The number of pyridine rings is 1. The van der Waals surface area contributed by atoms with Crippen molar-refractivity contribution in [2.75, 3.05) is 33.4 Å². The fourth-order valence-electron chi connectivity index (χ4n) is 4.93. The third kappa shape index (κ3) is 5.29. The molecule has 2 aliphatic heterocycles. The van der Waals surface area contributed by atoms with Crippen LogP contribution in [0, 0.1) is 5.41 Å². The molecule has 1 saturated heterocycles. The molecule has 1 fully saturated rings. The maximum atomic E-state index is 13.3. The van der Waals surface area contributed by atoms with E-state index in [2.05, 4.69) is 16.4 Å². The Hall–Kier alpha value is -3.09. The van der Waals surface area contributed by atoms with Gasteiger partial charge in [-0.2, -0.15) is 0 Å². The van der Waals surface area contributed by atoms with Crippen LogP contribution in [0.3, 0.4) is 0 Å². The highest BCUT2D eigenvalue weighted by molar-refractivity contribution is 5.96. The number of hydrogen-bond donors (Lipinski definition) is 1. The summed E-state index contributed by atoms with van der Waals surface area (Å²) in [5.74, 6) is 1.25. The van der Waals surface area contributed by atoms with Crippen molar-refractivity contribution in [1.82, 2.24) is 15.2 Å². The van der Waals surface area contributed by atoms with Crippen LogP contribution >= 0.6 is 0 Å². The molecule has 0 saturated carbocycles. The molecule has 33 heavy (non-hydrogen) atoms. The molecule has 0 atom stereocenters. The molecule has 2 aromatic rings. The highest BCUT2D eigenvalue weighted by Crippen LogP contribution is 2.38. The van der Waals surface area contributed by atoms with Crippen molar-refractivity contribution in [2.24, 2.45) is 5.41 Å². The Bertz CT molecular complexity index is 970. The van der Waals surface area contributed by atoms with E-state index in [1.165, 1.54) is 12.7 Å². The van der Waals surface area contributed by atoms with Crippen molar-refractivity contribution < 1.29 is 19.1 Å². The Kier molecular flexibility index (Phi) is 7.47. The van der Waals surface area contributed by atoms with Gasteiger partial charge in [0.25, 0.3) is 5.91 Å². The van der Waals surface area contributed by atoms with Crippen LogP contribution in [0.25, 0.3) is 0 Å². The fourth-order valence-corrected chi connectivity index (χ4v) is 4.93. The minimum atomic E-state index is -0.434. The van der Waals surface area contributed by atoms with Crippen LogP contribution in [0.4, 0.5) is 0 Å². The number of nitrogens with one attached hydrogen (secondary N) is 1. The number of nitrogens with zero attached hydrogens (tertiary/aromatic N) is 2. The van der Waals surface area contributed by atoms with Gasteiger partial charge in [-0.3, -0.25) is 9.59 Å². The van der Waals surface area contributed by atoms with Gasteiger partial charge < -0.3 is 19.7 Å². The monoisotopic (exact) mass is 451 g/mol. The second-order valence-electron chi connectivity index (χ2n) is 8.91. The lowest BCUT2D eigenvalue weighted by Gasteiger charge is -2.41. The molecule has 1 aromatic heterocycles. The lowest BCUT2D eigenvalue weighted by atomic mass is 9.73. The Morgan fingerprint density at radius 2 is 1.91 bits per heavy atom. The molecule has 7 heteroatoms. The molecule has 176 valence electrons. The van der Waals surface area contributed by atoms with E-state index in [1.807, 2.05) is 23.1 Å². The number of ether oxygens (including phenoxy) is 2. The number of amides is 2. The fraction of sp³-hybridized carbons (Fsp3) is 0.500. The number of piperidine rings is 1. The number of methoxy groups -OCH3 is 1. The molecule has 2 aliphatic rings. The molecular formula is C26H33N3O4. The third-order valence-electron chi connectivity index (χ3n) is 6.90. The van der Waals surface area contributed by atoms with Crippen molar-refractivity contribution in [2.45, 2.75) is 44.9 Å². The number of carbonyl (C=O) groups is 2. The van der Waals surface area contributed by atoms with E-state index >= 15 is 0 Å². The first kappa shape index (κ1) is 23.1. The Morgan fingerprint density at radius 3 is 2.73 bits per heavy atom. The summed E-state index contributed by atoms with van der Waals surface area (Å²) >= 11 is 0. The van der Waals surface area contributed by atoms with Crippen molar-refractivity contribution >= 4 is 11.8 Å². The summed E-state index contributed by atoms with van der Waals surface area (Å²) in [7, 11) is 1.52. The predicted molar refractivity (Wildman–Crippen MR) is 125 cm³/mol. The van der Waals surface area contributed by atoms with Gasteiger partial charge in [-0.05, 0) is 55.9 Å². The number of likely N-dealkylation sites (tertiary alicyclic amines) is 1. The normalized spacial score (nSPS) is 19.2. The van der Waals surface area contributed by atoms with Crippen LogP contribution in [0.2, 0.25) is 0 Å². The molecule has 3 heterocycles. The molecule has 0 unspecified atom stereocenters. The van der Waals surface area contributed by atoms with E-state index in [9.17, 15) is 9.59 Å². The topological polar surface area (TPSA) is 80.8 Å². The summed E-state index contributed by atoms with van der Waals surface area (Å²) in [6.07, 6.45) is 7.91. The molecule has 0 bridgehead atoms. The highest BCUT2D eigenvalue weighted by Gasteiger charge is 2.42. The summed E-state index contributed by atoms with van der Waals surface area (Å²) in [6, 6.07) is 11.6. The molecule has 0 aliphatic carbocycles. The number of aryl methyl sites for hydroxylation is 1. The molecular weight excluding hydrogens is 418 g/mol. The largest absolute Gasteiger partial charge is 0.491 e. The first-order valence-electron chi connectivity index (χ1n) is 11.9. The van der Waals surface area contributed by atoms with Gasteiger partial charge in [0.1, 0.15) is 17.9 Å². The zero-order valence-corrected chi connectivity index (χ0v) is 19.3. The highest BCUT2D eigenvalue weighted by atomic mass is 16.5. The average Bonchev–Trinajstić information content (AvgIpc) is 2.87. The molecule has 4 rings (SSSR count). The minimum Gasteiger partial charge on any atom is -0.491 e. The van der Waals surface area contributed by atoms with E-state index in [0.29, 0.717) is 50.5 Å². The van der Waals surface area contributed by atoms with Crippen LogP contribution < -0.4 is 14.8 Å². The van der Waals surface area contributed by atoms with Crippen LogP contribution in [0.15, 0.2) is 42.6 Å². The van der Waals surface area contributed by atoms with Gasteiger partial charge in [0.05, 0.1) is 19.1 Å². The van der Waals surface area contributed by atoms with Crippen LogP contribution in [-0.2, 0) is 11.2 Å². The number of rotatable bonds is 2. The Labute approximate surface area is 195 Å². The van der Waals surface area contributed by atoms with Crippen molar-refractivity contribution in [3.05, 3.63) is 53.7 Å². The van der Waals surface area contributed by atoms with E-state index < -0.39 is 5.41 Å². The van der Waals surface area contributed by atoms with E-state index in [-0.39, 0.29) is 11.8 Å². The number of carbonyl (C=O) groups excluding carboxylic acids is 2. The maximum absolute atomic E-state index is 13.3. The van der Waals surface area contributed by atoms with Gasteiger partial charge in [0.15, 0.2) is 0 Å². The average molecular weight is 452 g/mol. The maximum Gasteiger partial charge on any atom is 0.259 e. The summed E-state index contributed by atoms with van der Waals surface area (Å²) in [6.45, 7) is 2.02. The van der Waals surface area contributed by atoms with Gasteiger partial charge in [0, 0.05) is 19.3 Å². The van der Waals surface area contributed by atoms with Gasteiger partial charge in [-0.25, -0.2) is 4.98 Å². The molecule has 0 radical (unpaired) electrons. The number of para-hydroxylation sites is 1. The van der Waals surface area contributed by atoms with Crippen molar-refractivity contribution in [3.63, 3.8) is 0 Å². The van der Waals surface area contributed by atoms with E-state index in [1.54, 1.807) is 18.3 Å². The molecule has 1 N–H and O–H groups in total. The molecule has 1 aromatic carbocycles. The SMILES string of the molecule is COc1ncccc1C(=O)N1CCC2(CCCCCc3ccccc3OCCNC2=O)CC1. The van der Waals surface area contributed by atoms with E-state index in [4.69, 9.17) is 9.47 Å². The second kappa shape index (κ2) is 10.7. The zero-order chi connectivity index (χ0) is 23.1. The summed E-state index contributed by atoms with van der Waals surface area (Å²) in [5.41, 5.74) is 1.26.